The van der Waals surface area contributed by atoms with Crippen LogP contribution in [0.2, 0.25) is 0 Å². The van der Waals surface area contributed by atoms with Gasteiger partial charge in [-0.15, -0.1) is 11.3 Å². The number of benzene rings is 2. The van der Waals surface area contributed by atoms with Gasteiger partial charge in [0.2, 0.25) is 5.13 Å². The van der Waals surface area contributed by atoms with Gasteiger partial charge in [0.15, 0.2) is 11.5 Å². The molecule has 0 bridgehead atoms. The molecule has 1 N–H and O–H groups in total. The minimum atomic E-state index is -0.433. The molecule has 6 nitrogen and oxygen atoms in total. The molecule has 0 atom stereocenters. The summed E-state index contributed by atoms with van der Waals surface area (Å²) < 4.78 is 10.4. The van der Waals surface area contributed by atoms with E-state index in [0.717, 1.165) is 10.9 Å². The standard InChI is InChI=1S/C20H14N2O4S/c1-25-18-8-12(6-7-16(18)23)10-21-20-22-15(11-27-20)14-9-13-4-2-3-5-17(13)26-19(14)24/h2-11,23H,1H3/b21-10+. The van der Waals surface area contributed by atoms with E-state index in [1.807, 2.05) is 18.2 Å². The van der Waals surface area contributed by atoms with E-state index in [1.165, 1.54) is 24.5 Å². The number of fused-ring (bicyclic) bond motifs is 1. The second-order valence-corrected chi connectivity index (χ2v) is 6.53. The van der Waals surface area contributed by atoms with Gasteiger partial charge in [-0.1, -0.05) is 18.2 Å². The van der Waals surface area contributed by atoms with Crippen molar-refractivity contribution in [1.82, 2.24) is 4.98 Å². The largest absolute Gasteiger partial charge is 0.504 e. The smallest absolute Gasteiger partial charge is 0.345 e. The zero-order chi connectivity index (χ0) is 18.8. The lowest BCUT2D eigenvalue weighted by molar-refractivity contribution is 0.373. The third kappa shape index (κ3) is 3.45. The Morgan fingerprint density at radius 1 is 1.22 bits per heavy atom. The van der Waals surface area contributed by atoms with Crippen LogP contribution in [0.15, 0.2) is 68.1 Å². The molecule has 2 heterocycles. The number of aliphatic imine (C=N–C) groups is 1. The van der Waals surface area contributed by atoms with Gasteiger partial charge in [-0.05, 0) is 35.9 Å². The van der Waals surface area contributed by atoms with E-state index < -0.39 is 5.63 Å². The zero-order valence-electron chi connectivity index (χ0n) is 14.2. The highest BCUT2D eigenvalue weighted by molar-refractivity contribution is 7.13. The van der Waals surface area contributed by atoms with E-state index in [-0.39, 0.29) is 5.75 Å². The van der Waals surface area contributed by atoms with Crippen LogP contribution in [0.4, 0.5) is 5.13 Å². The van der Waals surface area contributed by atoms with Gasteiger partial charge >= 0.3 is 5.63 Å². The molecular weight excluding hydrogens is 364 g/mol. The lowest BCUT2D eigenvalue weighted by atomic mass is 10.1. The number of nitrogens with zero attached hydrogens (tertiary/aromatic N) is 2. The molecule has 0 spiro atoms. The quantitative estimate of drug-likeness (QED) is 0.421. The van der Waals surface area contributed by atoms with Crippen molar-refractivity contribution in [3.63, 3.8) is 0 Å². The van der Waals surface area contributed by atoms with Crippen molar-refractivity contribution < 1.29 is 14.3 Å². The highest BCUT2D eigenvalue weighted by Crippen LogP contribution is 2.28. The maximum absolute atomic E-state index is 12.2. The number of ether oxygens (including phenoxy) is 1. The topological polar surface area (TPSA) is 84.9 Å². The van der Waals surface area contributed by atoms with Crippen LogP contribution in [0.25, 0.3) is 22.2 Å². The molecule has 0 saturated heterocycles. The third-order valence-electron chi connectivity index (χ3n) is 3.94. The van der Waals surface area contributed by atoms with Crippen LogP contribution in [0.3, 0.4) is 0 Å². The lowest BCUT2D eigenvalue weighted by Gasteiger charge is -2.02. The van der Waals surface area contributed by atoms with E-state index in [4.69, 9.17) is 9.15 Å². The first kappa shape index (κ1) is 17.0. The Morgan fingerprint density at radius 2 is 2.07 bits per heavy atom. The van der Waals surface area contributed by atoms with E-state index >= 15 is 0 Å². The van der Waals surface area contributed by atoms with Gasteiger partial charge in [-0.3, -0.25) is 0 Å². The van der Waals surface area contributed by atoms with Gasteiger partial charge in [0.05, 0.1) is 18.4 Å². The Balaban J connectivity index is 1.64. The zero-order valence-corrected chi connectivity index (χ0v) is 15.1. The summed E-state index contributed by atoms with van der Waals surface area (Å²) in [6.07, 6.45) is 1.62. The second-order valence-electron chi connectivity index (χ2n) is 5.69. The number of phenolic OH excluding ortho intramolecular Hbond substituents is 1. The fourth-order valence-electron chi connectivity index (χ4n) is 2.59. The molecular formula is C20H14N2O4S. The highest BCUT2D eigenvalue weighted by Gasteiger charge is 2.11. The van der Waals surface area contributed by atoms with Crippen molar-refractivity contribution >= 4 is 33.7 Å². The molecule has 0 unspecified atom stereocenters. The Labute approximate surface area is 158 Å². The van der Waals surface area contributed by atoms with Gasteiger partial charge < -0.3 is 14.3 Å². The van der Waals surface area contributed by atoms with Crippen LogP contribution in [-0.2, 0) is 0 Å². The molecule has 0 radical (unpaired) electrons. The number of phenols is 1. The summed E-state index contributed by atoms with van der Waals surface area (Å²) in [4.78, 5) is 21.0. The summed E-state index contributed by atoms with van der Waals surface area (Å²) in [5.74, 6) is 0.432. The first-order chi connectivity index (χ1) is 13.1. The summed E-state index contributed by atoms with van der Waals surface area (Å²) in [6.45, 7) is 0. The van der Waals surface area contributed by atoms with E-state index in [2.05, 4.69) is 9.98 Å². The molecule has 0 aliphatic heterocycles. The maximum atomic E-state index is 12.2. The fraction of sp³-hybridized carbons (Fsp3) is 0.0500. The molecule has 134 valence electrons. The molecule has 0 saturated carbocycles. The summed E-state index contributed by atoms with van der Waals surface area (Å²) in [7, 11) is 1.48. The summed E-state index contributed by atoms with van der Waals surface area (Å²) in [6, 6.07) is 14.0. The third-order valence-corrected chi connectivity index (χ3v) is 4.69. The summed E-state index contributed by atoms with van der Waals surface area (Å²) in [5, 5.41) is 12.7. The number of hydrogen-bond acceptors (Lipinski definition) is 7. The maximum Gasteiger partial charge on any atom is 0.345 e. The first-order valence-corrected chi connectivity index (χ1v) is 8.92. The van der Waals surface area contributed by atoms with Crippen molar-refractivity contribution in [3.05, 3.63) is 69.9 Å². The van der Waals surface area contributed by atoms with Crippen LogP contribution in [0, 0.1) is 0 Å². The molecule has 0 aliphatic carbocycles. The first-order valence-electron chi connectivity index (χ1n) is 8.04. The molecule has 4 aromatic rings. The number of methoxy groups -OCH3 is 1. The van der Waals surface area contributed by atoms with Gasteiger partial charge in [-0.2, -0.15) is 0 Å². The predicted molar refractivity (Wildman–Crippen MR) is 106 cm³/mol. The number of hydrogen-bond donors (Lipinski definition) is 1. The van der Waals surface area contributed by atoms with Crippen LogP contribution < -0.4 is 10.4 Å². The second kappa shape index (κ2) is 7.05. The fourth-order valence-corrected chi connectivity index (χ4v) is 3.25. The Kier molecular flexibility index (Phi) is 4.43. The van der Waals surface area contributed by atoms with Crippen LogP contribution in [0.1, 0.15) is 5.56 Å². The van der Waals surface area contributed by atoms with Crippen LogP contribution >= 0.6 is 11.3 Å². The molecule has 0 fully saturated rings. The predicted octanol–water partition coefficient (Wildman–Crippen LogP) is 4.38. The van der Waals surface area contributed by atoms with Crippen molar-refractivity contribution in [2.24, 2.45) is 4.99 Å². The molecule has 2 aromatic heterocycles. The van der Waals surface area contributed by atoms with Crippen molar-refractivity contribution in [2.45, 2.75) is 0 Å². The number of para-hydroxylation sites is 1. The highest BCUT2D eigenvalue weighted by atomic mass is 32.1. The van der Waals surface area contributed by atoms with Gasteiger partial charge in [0.25, 0.3) is 0 Å². The minimum absolute atomic E-state index is 0.0641. The number of thiazole rings is 1. The van der Waals surface area contributed by atoms with E-state index in [9.17, 15) is 9.90 Å². The van der Waals surface area contributed by atoms with Crippen molar-refractivity contribution in [3.8, 4) is 22.8 Å². The molecule has 4 rings (SSSR count). The summed E-state index contributed by atoms with van der Waals surface area (Å²) >= 11 is 1.32. The molecule has 0 amide bonds. The van der Waals surface area contributed by atoms with Crippen LogP contribution in [-0.4, -0.2) is 23.4 Å². The van der Waals surface area contributed by atoms with E-state index in [0.29, 0.717) is 27.7 Å². The monoisotopic (exact) mass is 378 g/mol. The van der Waals surface area contributed by atoms with Gasteiger partial charge in [0, 0.05) is 17.0 Å². The average Bonchev–Trinajstić information content (AvgIpc) is 3.15. The average molecular weight is 378 g/mol. The van der Waals surface area contributed by atoms with Crippen LogP contribution in [0.5, 0.6) is 11.5 Å². The summed E-state index contributed by atoms with van der Waals surface area (Å²) in [5.41, 5.74) is 1.79. The number of rotatable bonds is 4. The molecule has 0 aliphatic rings. The van der Waals surface area contributed by atoms with Crippen molar-refractivity contribution in [2.75, 3.05) is 7.11 Å². The lowest BCUT2D eigenvalue weighted by Crippen LogP contribution is -2.02. The number of aromatic hydroxyl groups is 1. The Bertz CT molecular complexity index is 1210. The normalized spacial score (nSPS) is 11.3. The molecule has 27 heavy (non-hydrogen) atoms. The van der Waals surface area contributed by atoms with Gasteiger partial charge in [0.1, 0.15) is 5.58 Å². The minimum Gasteiger partial charge on any atom is -0.504 e. The van der Waals surface area contributed by atoms with Crippen molar-refractivity contribution in [1.29, 1.82) is 0 Å². The molecule has 2 aromatic carbocycles. The van der Waals surface area contributed by atoms with E-state index in [1.54, 1.807) is 35.9 Å². The number of aromatic nitrogens is 1. The Hall–Kier alpha value is -3.45. The Morgan fingerprint density at radius 3 is 2.93 bits per heavy atom. The SMILES string of the molecule is COc1cc(/C=N/c2nc(-c3cc4ccccc4oc3=O)cs2)ccc1O. The van der Waals surface area contributed by atoms with Gasteiger partial charge in [-0.25, -0.2) is 14.8 Å². The molecule has 7 heteroatoms.